The second-order valence-corrected chi connectivity index (χ2v) is 6.78. The molecule has 1 nitrogen and oxygen atoms in total. The van der Waals surface area contributed by atoms with Crippen LogP contribution in [0.2, 0.25) is 0 Å². The van der Waals surface area contributed by atoms with Gasteiger partial charge in [-0.1, -0.05) is 24.6 Å². The van der Waals surface area contributed by atoms with Crippen molar-refractivity contribution in [2.75, 3.05) is 6.54 Å². The molecule has 1 atom stereocenters. The fourth-order valence-corrected chi connectivity index (χ4v) is 3.76. The lowest BCUT2D eigenvalue weighted by Crippen LogP contribution is -2.25. The number of nitrogens with one attached hydrogen (secondary N) is 1. The molecule has 0 spiro atoms. The third-order valence-electron chi connectivity index (χ3n) is 3.25. The summed E-state index contributed by atoms with van der Waals surface area (Å²) in [7, 11) is 0. The number of halogens is 2. The zero-order valence-corrected chi connectivity index (χ0v) is 14.2. The summed E-state index contributed by atoms with van der Waals surface area (Å²) in [5.41, 5.74) is 1.86. The number of thiophene rings is 1. The Bertz CT molecular complexity index is 567. The molecule has 0 aliphatic heterocycles. The Balaban J connectivity index is 2.27. The summed E-state index contributed by atoms with van der Waals surface area (Å²) in [5.74, 6) is -0.128. The van der Waals surface area contributed by atoms with Gasteiger partial charge in [0.2, 0.25) is 0 Å². The molecule has 0 radical (unpaired) electrons. The van der Waals surface area contributed by atoms with Gasteiger partial charge in [0.05, 0.1) is 0 Å². The molecule has 0 aliphatic carbocycles. The minimum Gasteiger partial charge on any atom is -0.310 e. The molecule has 4 heteroatoms. The van der Waals surface area contributed by atoms with E-state index in [-0.39, 0.29) is 11.9 Å². The van der Waals surface area contributed by atoms with E-state index in [9.17, 15) is 4.39 Å². The third-order valence-corrected chi connectivity index (χ3v) is 5.20. The number of benzene rings is 1. The van der Waals surface area contributed by atoms with Crippen molar-refractivity contribution in [3.63, 3.8) is 0 Å². The molecule has 2 rings (SSSR count). The molecule has 2 aromatic rings. The summed E-state index contributed by atoms with van der Waals surface area (Å²) in [6, 6.07) is 7.39. The highest BCUT2D eigenvalue weighted by Crippen LogP contribution is 2.29. The Morgan fingerprint density at radius 2 is 2.15 bits per heavy atom. The van der Waals surface area contributed by atoms with Crippen LogP contribution in [0.15, 0.2) is 34.1 Å². The lowest BCUT2D eigenvalue weighted by Gasteiger charge is -2.20. The maximum absolute atomic E-state index is 14.1. The molecule has 1 aromatic heterocycles. The molecule has 1 aromatic carbocycles. The second kappa shape index (κ2) is 7.34. The molecular weight excluding hydrogens is 337 g/mol. The van der Waals surface area contributed by atoms with Crippen LogP contribution in [0, 0.1) is 12.7 Å². The first-order valence-electron chi connectivity index (χ1n) is 6.83. The number of hydrogen-bond donors (Lipinski definition) is 1. The highest BCUT2D eigenvalue weighted by molar-refractivity contribution is 9.10. The highest BCUT2D eigenvalue weighted by Gasteiger charge is 2.17. The van der Waals surface area contributed by atoms with Crippen LogP contribution in [0.4, 0.5) is 4.39 Å². The van der Waals surface area contributed by atoms with Gasteiger partial charge in [-0.05, 0) is 53.3 Å². The highest BCUT2D eigenvalue weighted by atomic mass is 79.9. The summed E-state index contributed by atoms with van der Waals surface area (Å²) in [6.07, 6.45) is 1.84. The van der Waals surface area contributed by atoms with Crippen LogP contribution in [0.5, 0.6) is 0 Å². The lowest BCUT2D eigenvalue weighted by molar-refractivity contribution is 0.498. The van der Waals surface area contributed by atoms with Crippen molar-refractivity contribution in [1.82, 2.24) is 5.32 Å². The minimum atomic E-state index is -0.128. The van der Waals surface area contributed by atoms with Gasteiger partial charge in [0.15, 0.2) is 0 Å². The van der Waals surface area contributed by atoms with Crippen molar-refractivity contribution in [1.29, 1.82) is 0 Å². The fraction of sp³-hybridized carbons (Fsp3) is 0.375. The van der Waals surface area contributed by atoms with Gasteiger partial charge in [0, 0.05) is 27.4 Å². The molecule has 0 saturated carbocycles. The van der Waals surface area contributed by atoms with Crippen LogP contribution in [0.1, 0.15) is 35.4 Å². The molecular formula is C16H19BrFNS. The van der Waals surface area contributed by atoms with Gasteiger partial charge in [0.25, 0.3) is 0 Å². The fourth-order valence-electron chi connectivity index (χ4n) is 2.20. The molecule has 1 unspecified atom stereocenters. The smallest absolute Gasteiger partial charge is 0.128 e. The van der Waals surface area contributed by atoms with Crippen molar-refractivity contribution in [3.05, 3.63) is 55.9 Å². The summed E-state index contributed by atoms with van der Waals surface area (Å²) in [6.45, 7) is 5.01. The normalized spacial score (nSPS) is 12.6. The maximum atomic E-state index is 14.1. The molecule has 1 N–H and O–H groups in total. The Kier molecular flexibility index (Phi) is 5.75. The first kappa shape index (κ1) is 15.7. The summed E-state index contributed by atoms with van der Waals surface area (Å²) in [5, 5.41) is 5.52. The number of hydrogen-bond acceptors (Lipinski definition) is 2. The third kappa shape index (κ3) is 3.90. The van der Waals surface area contributed by atoms with E-state index in [0.717, 1.165) is 35.0 Å². The van der Waals surface area contributed by atoms with Crippen LogP contribution in [-0.4, -0.2) is 6.54 Å². The summed E-state index contributed by atoms with van der Waals surface area (Å²) >= 11 is 5.26. The largest absolute Gasteiger partial charge is 0.310 e. The predicted octanol–water partition coefficient (Wildman–Crippen LogP) is 5.24. The summed E-state index contributed by atoms with van der Waals surface area (Å²) in [4.78, 5) is 1.25. The Morgan fingerprint density at radius 3 is 2.80 bits per heavy atom. The zero-order valence-electron chi connectivity index (χ0n) is 11.7. The van der Waals surface area contributed by atoms with Gasteiger partial charge >= 0.3 is 0 Å². The molecule has 0 saturated heterocycles. The van der Waals surface area contributed by atoms with E-state index < -0.39 is 0 Å². The first-order valence-corrected chi connectivity index (χ1v) is 8.50. The van der Waals surface area contributed by atoms with Crippen molar-refractivity contribution in [3.8, 4) is 0 Å². The van der Waals surface area contributed by atoms with Gasteiger partial charge < -0.3 is 5.32 Å². The number of rotatable bonds is 6. The van der Waals surface area contributed by atoms with Crippen molar-refractivity contribution >= 4 is 27.3 Å². The van der Waals surface area contributed by atoms with E-state index in [2.05, 4.69) is 33.6 Å². The van der Waals surface area contributed by atoms with Crippen molar-refractivity contribution in [2.24, 2.45) is 0 Å². The average molecular weight is 356 g/mol. The maximum Gasteiger partial charge on any atom is 0.128 e. The van der Waals surface area contributed by atoms with E-state index >= 15 is 0 Å². The standard InChI is InChI=1S/C16H19BrFNS/c1-3-7-19-15(10-16-13(17)6-8-20-16)12-9-11(2)4-5-14(12)18/h4-6,8-9,15,19H,3,7,10H2,1-2H3. The first-order chi connectivity index (χ1) is 9.61. The SMILES string of the molecule is CCCNC(Cc1sccc1Br)c1cc(C)ccc1F. The minimum absolute atomic E-state index is 0.0183. The monoisotopic (exact) mass is 355 g/mol. The average Bonchev–Trinajstić information content (AvgIpc) is 2.83. The van der Waals surface area contributed by atoms with Gasteiger partial charge in [-0.25, -0.2) is 4.39 Å². The molecule has 20 heavy (non-hydrogen) atoms. The van der Waals surface area contributed by atoms with Gasteiger partial charge in [-0.2, -0.15) is 0 Å². The molecule has 108 valence electrons. The van der Waals surface area contributed by atoms with Crippen molar-refractivity contribution < 1.29 is 4.39 Å². The van der Waals surface area contributed by atoms with Crippen LogP contribution < -0.4 is 5.32 Å². The van der Waals surface area contributed by atoms with Crippen LogP contribution in [0.3, 0.4) is 0 Å². The topological polar surface area (TPSA) is 12.0 Å². The van der Waals surface area contributed by atoms with E-state index in [1.54, 1.807) is 17.4 Å². The predicted molar refractivity (Wildman–Crippen MR) is 87.9 cm³/mol. The Morgan fingerprint density at radius 1 is 1.35 bits per heavy atom. The molecule has 0 bridgehead atoms. The second-order valence-electron chi connectivity index (χ2n) is 4.93. The van der Waals surface area contributed by atoms with Gasteiger partial charge in [-0.3, -0.25) is 0 Å². The molecule has 0 aliphatic rings. The number of aryl methyl sites for hydroxylation is 1. The van der Waals surface area contributed by atoms with E-state index in [1.807, 2.05) is 25.1 Å². The molecule has 0 amide bonds. The van der Waals surface area contributed by atoms with E-state index in [0.29, 0.717) is 0 Å². The van der Waals surface area contributed by atoms with Crippen molar-refractivity contribution in [2.45, 2.75) is 32.7 Å². The van der Waals surface area contributed by atoms with Gasteiger partial charge in [-0.15, -0.1) is 11.3 Å². The van der Waals surface area contributed by atoms with Crippen LogP contribution >= 0.6 is 27.3 Å². The van der Waals surface area contributed by atoms with E-state index in [1.165, 1.54) is 4.88 Å². The van der Waals surface area contributed by atoms with Crippen LogP contribution in [0.25, 0.3) is 0 Å². The quantitative estimate of drug-likeness (QED) is 0.746. The Hall–Kier alpha value is -0.710. The molecule has 1 heterocycles. The van der Waals surface area contributed by atoms with Gasteiger partial charge in [0.1, 0.15) is 5.82 Å². The van der Waals surface area contributed by atoms with E-state index in [4.69, 9.17) is 0 Å². The summed E-state index contributed by atoms with van der Waals surface area (Å²) < 4.78 is 15.2. The van der Waals surface area contributed by atoms with Crippen LogP contribution in [-0.2, 0) is 6.42 Å². The lowest BCUT2D eigenvalue weighted by atomic mass is 10.00. The zero-order chi connectivity index (χ0) is 14.5. The molecule has 0 fully saturated rings. The Labute approximate surface area is 132 Å².